The molecule has 0 fully saturated rings. The molecule has 2 N–H and O–H groups in total. The highest BCUT2D eigenvalue weighted by atomic mass is 35.8. The molecule has 0 radical (unpaired) electrons. The molecule has 82 heavy (non-hydrogen) atoms. The zero-order valence-electron chi connectivity index (χ0n) is 47.0. The lowest BCUT2D eigenvalue weighted by molar-refractivity contribution is 0.476. The number of rotatable bonds is 6. The van der Waals surface area contributed by atoms with Gasteiger partial charge in [-0.25, -0.2) is 60.1 Å². The second-order valence-electron chi connectivity index (χ2n) is 19.5. The Balaban J connectivity index is 0.000000221. The lowest BCUT2D eigenvalue weighted by atomic mass is 10.0. The smallest absolute Gasteiger partial charge is 0.507 e. The first-order valence-electron chi connectivity index (χ1n) is 25.4. The summed E-state index contributed by atoms with van der Waals surface area (Å²) in [6, 6.07) is 44.5. The van der Waals surface area contributed by atoms with Gasteiger partial charge in [0, 0.05) is 22.3 Å². The van der Waals surface area contributed by atoms with Gasteiger partial charge in [0.25, 0.3) is 0 Å². The highest BCUT2D eigenvalue weighted by molar-refractivity contribution is 7.54. The Morgan fingerprint density at radius 3 is 0.671 bits per heavy atom. The van der Waals surface area contributed by atoms with Gasteiger partial charge < -0.3 is 10.2 Å². The highest BCUT2D eigenvalue weighted by Gasteiger charge is 2.19. The normalized spacial score (nSPS) is 10.3. The number of phenolic OH excluding ortho intramolecular Hbond substituents is 2. The van der Waals surface area contributed by atoms with Gasteiger partial charge in [0.15, 0.2) is 34.9 Å². The van der Waals surface area contributed by atoms with Crippen molar-refractivity contribution in [2.45, 2.75) is 90.5 Å². The van der Waals surface area contributed by atoms with Gasteiger partial charge in [0.1, 0.15) is 11.5 Å². The number of hydrogen-bond donors (Lipinski definition) is 2. The molecule has 0 aliphatic heterocycles. The number of hydrogen-bond acceptors (Lipinski definition) is 11. The zero-order chi connectivity index (χ0) is 59.2. The summed E-state index contributed by atoms with van der Waals surface area (Å²) in [6.07, 6.45) is 0. The third kappa shape index (κ3) is 19.3. The fraction of sp³-hybridized carbons (Fsp3) is 0.203. The topological polar surface area (TPSA) is 156 Å². The van der Waals surface area contributed by atoms with E-state index in [1.54, 1.807) is 24.3 Å². The van der Waals surface area contributed by atoms with Crippen LogP contribution in [-0.2, 0) is 0 Å². The van der Waals surface area contributed by atoms with Crippen LogP contribution in [0.2, 0.25) is 15.9 Å². The Kier molecular flexibility index (Phi) is 24.8. The molecule has 0 aliphatic carbocycles. The lowest BCUT2D eigenvalue weighted by Gasteiger charge is -2.13. The predicted octanol–water partition coefficient (Wildman–Crippen LogP) is 18.7. The molecule has 0 amide bonds. The summed E-state index contributed by atoms with van der Waals surface area (Å²) in [5, 5.41) is 21.0. The minimum absolute atomic E-state index is 0. The van der Waals surface area contributed by atoms with Crippen LogP contribution in [0, 0.1) is 83.1 Å². The van der Waals surface area contributed by atoms with Crippen LogP contribution in [0.1, 0.15) is 74.2 Å². The van der Waals surface area contributed by atoms with Crippen molar-refractivity contribution in [3.05, 3.63) is 216 Å². The molecule has 10 rings (SSSR count). The molecule has 0 bridgehead atoms. The van der Waals surface area contributed by atoms with Crippen LogP contribution in [0.25, 0.3) is 68.3 Å². The Hall–Kier alpha value is -6.56. The van der Waals surface area contributed by atoms with Crippen molar-refractivity contribution in [3.8, 4) is 79.8 Å². The summed E-state index contributed by atoms with van der Waals surface area (Å²) in [5.74, 6) is 3.55. The molecule has 7 aromatic carbocycles. The second kappa shape index (κ2) is 30.7. The Morgan fingerprint density at radius 2 is 0.476 bits per heavy atom. The predicted molar refractivity (Wildman–Crippen MR) is 344 cm³/mol. The first kappa shape index (κ1) is 66.2. The molecule has 0 saturated carbocycles. The van der Waals surface area contributed by atoms with Gasteiger partial charge in [-0.2, -0.15) is 15.0 Å². The maximum absolute atomic E-state index is 10.5. The Labute approximate surface area is 513 Å². The van der Waals surface area contributed by atoms with Crippen LogP contribution >= 0.6 is 65.0 Å². The molecule has 0 spiro atoms. The van der Waals surface area contributed by atoms with Crippen molar-refractivity contribution < 1.29 is 10.2 Å². The molecular formula is C64H64AlCl6N9O2. The van der Waals surface area contributed by atoms with E-state index in [9.17, 15) is 10.2 Å². The van der Waals surface area contributed by atoms with Gasteiger partial charge in [0.2, 0.25) is 15.9 Å². The summed E-state index contributed by atoms with van der Waals surface area (Å²) >= 11 is 14.2. The van der Waals surface area contributed by atoms with Gasteiger partial charge in [-0.05, 0) is 176 Å². The maximum atomic E-state index is 10.5. The largest absolute Gasteiger partial charge is 0.643 e. The molecule has 0 atom stereocenters. The quantitative estimate of drug-likeness (QED) is 0.153. The molecular weight excluding hydrogens is 1170 g/mol. The van der Waals surface area contributed by atoms with Crippen molar-refractivity contribution in [1.29, 1.82) is 0 Å². The van der Waals surface area contributed by atoms with E-state index in [4.69, 9.17) is 79.9 Å². The van der Waals surface area contributed by atoms with E-state index >= 15 is 0 Å². The number of aryl methyl sites for hydroxylation is 12. The second-order valence-corrected chi connectivity index (χ2v) is 26.9. The first-order chi connectivity index (χ1) is 38.3. The van der Waals surface area contributed by atoms with Crippen molar-refractivity contribution >= 4 is 76.3 Å². The molecule has 10 aromatic rings. The number of nitrogens with zero attached hydrogens (tertiary/aromatic N) is 9. The monoisotopic (exact) mass is 1230 g/mol. The van der Waals surface area contributed by atoms with Crippen molar-refractivity contribution in [1.82, 2.24) is 44.9 Å². The number of halogens is 6. The van der Waals surface area contributed by atoms with E-state index < -0.39 is 11.4 Å². The van der Waals surface area contributed by atoms with Crippen LogP contribution in [0.4, 0.5) is 0 Å². The molecule has 3 aromatic heterocycles. The minimum Gasteiger partial charge on any atom is -0.507 e. The van der Waals surface area contributed by atoms with Crippen LogP contribution in [0.5, 0.6) is 11.5 Å². The fourth-order valence-electron chi connectivity index (χ4n) is 8.50. The first-order valence-corrected chi connectivity index (χ1v) is 31.8. The summed E-state index contributed by atoms with van der Waals surface area (Å²) < 4.78 is 0. The average molecular weight is 1230 g/mol. The summed E-state index contributed by atoms with van der Waals surface area (Å²) in [4.78, 5) is 39.0. The molecule has 0 unspecified atom stereocenters. The third-order valence-electron chi connectivity index (χ3n) is 12.3. The Bertz CT molecular complexity index is 3240. The van der Waals surface area contributed by atoms with Gasteiger partial charge in [-0.1, -0.05) is 150 Å². The van der Waals surface area contributed by atoms with Crippen LogP contribution in [0.15, 0.2) is 133 Å². The number of benzene rings is 7. The molecule has 0 saturated heterocycles. The number of phenols is 2. The van der Waals surface area contributed by atoms with Crippen molar-refractivity contribution in [3.63, 3.8) is 0 Å². The standard InChI is InChI=1S/C27H27N3.C25H23N3O2.C8H10.C3Cl3N3.CH4.Al.3ClH/c1-16-7-10-22(19(4)13-16)25-28-26(23-11-8-17(2)14-20(23)5)30-27(29-25)24-12-9-18(3)15-21(24)6;1-14-5-8-18(17(4)11-14)23-26-24(19-9-6-15(2)12-21(19)29)28-25(27-23)20-10-7-16(3)13-22(20)30;1-7-4-3-5-8(2)6-7;4-1-7-2(5)9-3(6)8-1;;;;;/h7-15H,1-6H3;5-13,29-30H,1-4H3;3-6H,1-2H3;;1H4;;3*1H/q;;;;;+3;;;/p-3. The minimum atomic E-state index is -1.72. The van der Waals surface area contributed by atoms with E-state index in [-0.39, 0.29) is 34.8 Å². The van der Waals surface area contributed by atoms with Crippen molar-refractivity contribution in [2.24, 2.45) is 0 Å². The van der Waals surface area contributed by atoms with Gasteiger partial charge in [0.05, 0.1) is 11.1 Å². The highest BCUT2D eigenvalue weighted by Crippen LogP contribution is 2.35. The molecule has 422 valence electrons. The maximum Gasteiger partial charge on any atom is 0.643 e. The third-order valence-corrected chi connectivity index (χ3v) is 12.8. The van der Waals surface area contributed by atoms with Crippen LogP contribution < -0.4 is 0 Å². The van der Waals surface area contributed by atoms with Crippen LogP contribution in [0.3, 0.4) is 0 Å². The van der Waals surface area contributed by atoms with Gasteiger partial charge >= 0.3 is 11.4 Å². The van der Waals surface area contributed by atoms with E-state index in [2.05, 4.69) is 170 Å². The van der Waals surface area contributed by atoms with E-state index in [0.717, 1.165) is 44.5 Å². The Morgan fingerprint density at radius 1 is 0.280 bits per heavy atom. The number of aromatic hydroxyl groups is 2. The van der Waals surface area contributed by atoms with Gasteiger partial charge in [-0.15, -0.1) is 0 Å². The summed E-state index contributed by atoms with van der Waals surface area (Å²) in [5.41, 5.74) is 19.0. The molecule has 18 heteroatoms. The summed E-state index contributed by atoms with van der Waals surface area (Å²) in [7, 11) is 14.8. The molecule has 3 heterocycles. The van der Waals surface area contributed by atoms with E-state index in [1.165, 1.54) is 44.5 Å². The van der Waals surface area contributed by atoms with Crippen molar-refractivity contribution in [2.75, 3.05) is 0 Å². The zero-order valence-corrected chi connectivity index (χ0v) is 52.7. The number of aromatic nitrogens is 9. The SMILES string of the molecule is C.Cc1ccc(-c2nc(-c3ccc(C)cc3C)nc(-c3ccc(C)cc3C)n2)c(C)c1.Cc1ccc(-c2nc(-c3ccc(C)cc3O)nc(-c3ccc(C)cc3O)n2)c(C)c1.Cc1cccc(C)c1.Clc1nc(Cl)nc(Cl)n1.[Cl][Al]([Cl])[Cl]. The average Bonchev–Trinajstić information content (AvgIpc) is 3.41. The van der Waals surface area contributed by atoms with Crippen LogP contribution in [-0.4, -0.2) is 66.5 Å². The molecule has 11 nitrogen and oxygen atoms in total. The summed E-state index contributed by atoms with van der Waals surface area (Å²) in [6.45, 7) is 24.7. The fourth-order valence-corrected chi connectivity index (χ4v) is 9.11. The van der Waals surface area contributed by atoms with Gasteiger partial charge in [-0.3, -0.25) is 0 Å². The van der Waals surface area contributed by atoms with E-state index in [1.807, 2.05) is 52.0 Å². The molecule has 0 aliphatic rings. The lowest BCUT2D eigenvalue weighted by Crippen LogP contribution is -2.03. The van der Waals surface area contributed by atoms with E-state index in [0.29, 0.717) is 46.1 Å².